The van der Waals surface area contributed by atoms with E-state index in [0.29, 0.717) is 24.3 Å². The molecule has 0 saturated carbocycles. The Morgan fingerprint density at radius 3 is 1.47 bits per heavy atom. The second kappa shape index (κ2) is 12.0. The third-order valence-electron chi connectivity index (χ3n) is 9.75. The molecular formula is C38H30F6N2O7. The van der Waals surface area contributed by atoms with Gasteiger partial charge >= 0.3 is 12.4 Å². The van der Waals surface area contributed by atoms with Crippen LogP contribution < -0.4 is 9.64 Å². The maximum absolute atomic E-state index is 14.5. The lowest BCUT2D eigenvalue weighted by Crippen LogP contribution is -2.42. The van der Waals surface area contributed by atoms with E-state index in [1.165, 1.54) is 70.3 Å². The van der Waals surface area contributed by atoms with Crippen molar-refractivity contribution in [2.45, 2.75) is 58.2 Å². The molecule has 53 heavy (non-hydrogen) atoms. The number of anilines is 1. The molecule has 0 fully saturated rings. The number of aryl methyl sites for hydroxylation is 3. The zero-order valence-corrected chi connectivity index (χ0v) is 28.9. The molecule has 2 heterocycles. The van der Waals surface area contributed by atoms with Gasteiger partial charge in [0.1, 0.15) is 11.5 Å². The van der Waals surface area contributed by atoms with E-state index >= 15 is 0 Å². The fraction of sp³-hybridized carbons (Fsp3) is 0.263. The summed E-state index contributed by atoms with van der Waals surface area (Å²) in [5, 5.41) is 21.5. The molecule has 4 amide bonds. The number of ether oxygens (including phenoxy) is 1. The average molecular weight is 741 g/mol. The summed E-state index contributed by atoms with van der Waals surface area (Å²) in [7, 11) is 1.32. The molecule has 4 aromatic carbocycles. The van der Waals surface area contributed by atoms with Crippen LogP contribution in [0.4, 0.5) is 32.0 Å². The molecule has 2 N–H and O–H groups in total. The van der Waals surface area contributed by atoms with Crippen molar-refractivity contribution in [1.82, 2.24) is 4.90 Å². The third kappa shape index (κ3) is 5.74. The number of hydrogen-bond acceptors (Lipinski definition) is 7. The highest BCUT2D eigenvalue weighted by Gasteiger charge is 2.54. The first kappa shape index (κ1) is 37.2. The topological polar surface area (TPSA) is 124 Å². The van der Waals surface area contributed by atoms with Crippen molar-refractivity contribution in [1.29, 1.82) is 0 Å². The van der Waals surface area contributed by atoms with Crippen molar-refractivity contribution < 1.29 is 60.5 Å². The van der Waals surface area contributed by atoms with E-state index < -0.39 is 64.0 Å². The van der Waals surface area contributed by atoms with Crippen LogP contribution in [0.5, 0.6) is 11.5 Å². The van der Waals surface area contributed by atoms with Gasteiger partial charge in [-0.15, -0.1) is 0 Å². The number of alkyl halides is 6. The number of imide groups is 2. The summed E-state index contributed by atoms with van der Waals surface area (Å²) in [5.74, 6) is -3.03. The first-order valence-corrected chi connectivity index (χ1v) is 15.9. The molecule has 0 spiro atoms. The van der Waals surface area contributed by atoms with Crippen LogP contribution in [0, 0.1) is 20.8 Å². The minimum atomic E-state index is -5.36. The highest BCUT2D eigenvalue weighted by atomic mass is 19.4. The number of aliphatic hydroxyl groups is 2. The molecule has 0 saturated heterocycles. The lowest BCUT2D eigenvalue weighted by atomic mass is 9.83. The van der Waals surface area contributed by atoms with E-state index in [9.17, 15) is 55.7 Å². The molecule has 2 aliphatic heterocycles. The lowest BCUT2D eigenvalue weighted by Gasteiger charge is -2.32. The van der Waals surface area contributed by atoms with Crippen LogP contribution in [0.25, 0.3) is 11.1 Å². The summed E-state index contributed by atoms with van der Waals surface area (Å²) in [6.45, 7) is 5.23. The molecule has 0 aliphatic carbocycles. The number of rotatable bonds is 6. The van der Waals surface area contributed by atoms with E-state index in [0.717, 1.165) is 23.1 Å². The molecule has 2 unspecified atom stereocenters. The number of amides is 4. The molecule has 0 radical (unpaired) electrons. The van der Waals surface area contributed by atoms with Crippen molar-refractivity contribution in [3.63, 3.8) is 0 Å². The average Bonchev–Trinajstić information content (AvgIpc) is 3.42. The van der Waals surface area contributed by atoms with Crippen molar-refractivity contribution >= 4 is 29.3 Å². The number of hydrogen-bond donors (Lipinski definition) is 2. The highest BCUT2D eigenvalue weighted by Crippen LogP contribution is 2.48. The first-order chi connectivity index (χ1) is 24.4. The van der Waals surface area contributed by atoms with Gasteiger partial charge in [0.2, 0.25) is 0 Å². The fourth-order valence-corrected chi connectivity index (χ4v) is 6.57. The van der Waals surface area contributed by atoms with Crippen LogP contribution in [0.2, 0.25) is 0 Å². The Morgan fingerprint density at radius 2 is 0.943 bits per heavy atom. The van der Waals surface area contributed by atoms with E-state index in [4.69, 9.17) is 4.74 Å². The molecule has 4 aromatic rings. The van der Waals surface area contributed by atoms with Gasteiger partial charge < -0.3 is 14.9 Å². The lowest BCUT2D eigenvalue weighted by molar-refractivity contribution is -0.259. The van der Waals surface area contributed by atoms with Gasteiger partial charge in [0, 0.05) is 12.6 Å². The number of carbonyl (C=O) groups is 4. The smallest absolute Gasteiger partial charge is 0.421 e. The molecule has 0 aromatic heterocycles. The van der Waals surface area contributed by atoms with Crippen LogP contribution in [0.1, 0.15) is 83.1 Å². The number of carbonyl (C=O) groups excluding carboxylic acids is 4. The Balaban J connectivity index is 1.45. The molecule has 6 rings (SSSR count). The molecule has 276 valence electrons. The van der Waals surface area contributed by atoms with Crippen molar-refractivity contribution in [3.05, 3.63) is 111 Å². The van der Waals surface area contributed by atoms with E-state index in [1.54, 1.807) is 0 Å². The van der Waals surface area contributed by atoms with Crippen molar-refractivity contribution in [2.75, 3.05) is 11.9 Å². The van der Waals surface area contributed by atoms with Gasteiger partial charge in [0.05, 0.1) is 27.9 Å². The van der Waals surface area contributed by atoms with Gasteiger partial charge in [-0.1, -0.05) is 6.07 Å². The monoisotopic (exact) mass is 740 g/mol. The maximum Gasteiger partial charge on any atom is 0.421 e. The summed E-state index contributed by atoms with van der Waals surface area (Å²) in [5.41, 5.74) is -8.88. The van der Waals surface area contributed by atoms with Crippen LogP contribution in [0.3, 0.4) is 0 Å². The minimum Gasteiger partial charge on any atom is -0.457 e. The fourth-order valence-electron chi connectivity index (χ4n) is 6.57. The second-order valence-corrected chi connectivity index (χ2v) is 13.4. The Hall–Kier alpha value is -5.54. The number of nitrogens with zero attached hydrogens (tertiary/aromatic N) is 2. The molecule has 0 bridgehead atoms. The summed E-state index contributed by atoms with van der Waals surface area (Å²) < 4.78 is 91.0. The predicted molar refractivity (Wildman–Crippen MR) is 178 cm³/mol. The zero-order chi connectivity index (χ0) is 39.3. The van der Waals surface area contributed by atoms with Crippen LogP contribution >= 0.6 is 0 Å². The van der Waals surface area contributed by atoms with Crippen LogP contribution in [0.15, 0.2) is 60.7 Å². The van der Waals surface area contributed by atoms with Gasteiger partial charge in [-0.2, -0.15) is 26.3 Å². The van der Waals surface area contributed by atoms with Gasteiger partial charge in [0.25, 0.3) is 23.6 Å². The minimum absolute atomic E-state index is 0.00579. The van der Waals surface area contributed by atoms with E-state index in [-0.39, 0.29) is 56.0 Å². The zero-order valence-electron chi connectivity index (χ0n) is 28.9. The Bertz CT molecular complexity index is 2290. The molecular weight excluding hydrogens is 710 g/mol. The number of halogens is 6. The maximum atomic E-state index is 14.5. The van der Waals surface area contributed by atoms with Crippen molar-refractivity contribution in [3.8, 4) is 22.6 Å². The predicted octanol–water partition coefficient (Wildman–Crippen LogP) is 7.64. The number of fused-ring (bicyclic) bond motifs is 2. The highest BCUT2D eigenvalue weighted by molar-refractivity contribution is 6.35. The SMILES string of the molecule is Cc1cc(C)c(C(C)(O)C(F)(F)F)cc1-c1cc(C(C)(O)C(F)(F)F)c(N2C(=O)c3ccc(Oc4ccc5c(c4)C(=O)N(C)C5=O)cc3C2=O)cc1C. The molecule has 9 nitrogen and oxygen atoms in total. The van der Waals surface area contributed by atoms with Gasteiger partial charge in [0.15, 0.2) is 11.2 Å². The van der Waals surface area contributed by atoms with Crippen LogP contribution in [-0.2, 0) is 11.2 Å². The molecule has 2 atom stereocenters. The summed E-state index contributed by atoms with van der Waals surface area (Å²) >= 11 is 0. The first-order valence-electron chi connectivity index (χ1n) is 15.9. The normalized spacial score (nSPS) is 16.9. The largest absolute Gasteiger partial charge is 0.457 e. The third-order valence-corrected chi connectivity index (χ3v) is 9.75. The van der Waals surface area contributed by atoms with Gasteiger partial charge in [-0.25, -0.2) is 4.90 Å². The van der Waals surface area contributed by atoms with E-state index in [1.807, 2.05) is 0 Å². The summed E-state index contributed by atoms with van der Waals surface area (Å²) in [4.78, 5) is 53.7. The molecule has 2 aliphatic rings. The quantitative estimate of drug-likeness (QED) is 0.154. The Labute approximate surface area is 298 Å². The number of benzene rings is 4. The summed E-state index contributed by atoms with van der Waals surface area (Å²) in [6, 6.07) is 12.1. The van der Waals surface area contributed by atoms with Gasteiger partial charge in [-0.05, 0) is 123 Å². The Kier molecular flexibility index (Phi) is 8.43. The standard InChI is InChI=1S/C38H30F6N2O7/c1-17-11-19(3)28(35(4,51)37(39,40)41)15-24(17)25-16-29(36(5,52)38(42,43)44)30(12-18(25)2)46-33(49)23-10-8-21(14-27(23)34(46)50)53-20-7-9-22-26(13-20)32(48)45(6)31(22)47/h7-16,51-52H,1-6H3. The van der Waals surface area contributed by atoms with Crippen LogP contribution in [-0.4, -0.2) is 58.1 Å². The Morgan fingerprint density at radius 1 is 0.528 bits per heavy atom. The molecule has 15 heteroatoms. The summed E-state index contributed by atoms with van der Waals surface area (Å²) in [6.07, 6.45) is -10.5. The van der Waals surface area contributed by atoms with Gasteiger partial charge in [-0.3, -0.25) is 24.1 Å². The van der Waals surface area contributed by atoms with Crippen molar-refractivity contribution in [2.24, 2.45) is 0 Å². The second-order valence-electron chi connectivity index (χ2n) is 13.4. The van der Waals surface area contributed by atoms with E-state index in [2.05, 4.69) is 0 Å².